The number of piperazine rings is 1. The summed E-state index contributed by atoms with van der Waals surface area (Å²) in [5, 5.41) is 3.45. The smallest absolute Gasteiger partial charge is 0.0490 e. The van der Waals surface area contributed by atoms with E-state index in [0.29, 0.717) is 6.04 Å². The van der Waals surface area contributed by atoms with Crippen molar-refractivity contribution in [2.45, 2.75) is 25.8 Å². The van der Waals surface area contributed by atoms with E-state index in [1.54, 1.807) is 0 Å². The molecule has 116 valence electrons. The van der Waals surface area contributed by atoms with Gasteiger partial charge in [0.2, 0.25) is 0 Å². The fourth-order valence-electron chi connectivity index (χ4n) is 3.48. The van der Waals surface area contributed by atoms with Crippen LogP contribution in [0.4, 0.5) is 0 Å². The second kappa shape index (κ2) is 7.34. The summed E-state index contributed by atoms with van der Waals surface area (Å²) < 4.78 is 0. The van der Waals surface area contributed by atoms with Crippen molar-refractivity contribution in [1.82, 2.24) is 20.1 Å². The number of nitrogens with zero attached hydrogens (tertiary/aromatic N) is 3. The monoisotopic (exact) mass is 288 g/mol. The number of piperidine rings is 1. The molecule has 0 aliphatic carbocycles. The van der Waals surface area contributed by atoms with E-state index in [0.717, 1.165) is 25.6 Å². The summed E-state index contributed by atoms with van der Waals surface area (Å²) in [4.78, 5) is 9.63. The van der Waals surface area contributed by atoms with Gasteiger partial charge in [-0.1, -0.05) is 13.0 Å². The SMILES string of the molecule is CC1CCN(C(CN2CCNCC2)c2cccnc2)CC1. The van der Waals surface area contributed by atoms with Crippen LogP contribution < -0.4 is 5.32 Å². The molecule has 3 heterocycles. The lowest BCUT2D eigenvalue weighted by Crippen LogP contribution is -2.48. The quantitative estimate of drug-likeness (QED) is 0.915. The molecule has 1 aromatic rings. The van der Waals surface area contributed by atoms with Crippen molar-refractivity contribution in [3.8, 4) is 0 Å². The Morgan fingerprint density at radius 3 is 2.67 bits per heavy atom. The molecule has 1 aromatic heterocycles. The molecule has 1 atom stereocenters. The Bertz CT molecular complexity index is 408. The van der Waals surface area contributed by atoms with E-state index in [1.165, 1.54) is 44.6 Å². The molecule has 0 aromatic carbocycles. The van der Waals surface area contributed by atoms with E-state index in [-0.39, 0.29) is 0 Å². The Hall–Kier alpha value is -0.970. The maximum atomic E-state index is 4.35. The first-order chi connectivity index (χ1) is 10.3. The van der Waals surface area contributed by atoms with Gasteiger partial charge < -0.3 is 5.32 Å². The zero-order chi connectivity index (χ0) is 14.5. The van der Waals surface area contributed by atoms with Crippen LogP contribution >= 0.6 is 0 Å². The number of likely N-dealkylation sites (tertiary alicyclic amines) is 1. The Kier molecular flexibility index (Phi) is 5.22. The van der Waals surface area contributed by atoms with E-state index >= 15 is 0 Å². The van der Waals surface area contributed by atoms with Gasteiger partial charge in [-0.3, -0.25) is 14.8 Å². The van der Waals surface area contributed by atoms with Crippen LogP contribution in [0.3, 0.4) is 0 Å². The highest BCUT2D eigenvalue weighted by atomic mass is 15.2. The average molecular weight is 288 g/mol. The highest BCUT2D eigenvalue weighted by Crippen LogP contribution is 2.27. The molecule has 4 heteroatoms. The first kappa shape index (κ1) is 14.9. The van der Waals surface area contributed by atoms with E-state index in [1.807, 2.05) is 6.20 Å². The number of pyridine rings is 1. The fraction of sp³-hybridized carbons (Fsp3) is 0.706. The van der Waals surface area contributed by atoms with Crippen molar-refractivity contribution in [2.75, 3.05) is 45.8 Å². The third kappa shape index (κ3) is 4.02. The zero-order valence-electron chi connectivity index (χ0n) is 13.2. The molecule has 0 radical (unpaired) electrons. The summed E-state index contributed by atoms with van der Waals surface area (Å²) in [5.41, 5.74) is 1.38. The number of aromatic nitrogens is 1. The van der Waals surface area contributed by atoms with Crippen LogP contribution in [0, 0.1) is 5.92 Å². The molecule has 2 aliphatic rings. The number of hydrogen-bond donors (Lipinski definition) is 1. The maximum absolute atomic E-state index is 4.35. The van der Waals surface area contributed by atoms with E-state index in [4.69, 9.17) is 0 Å². The summed E-state index contributed by atoms with van der Waals surface area (Å²) in [6, 6.07) is 4.83. The van der Waals surface area contributed by atoms with Crippen LogP contribution in [0.2, 0.25) is 0 Å². The molecule has 0 saturated carbocycles. The molecule has 0 spiro atoms. The van der Waals surface area contributed by atoms with Crippen molar-refractivity contribution in [3.05, 3.63) is 30.1 Å². The minimum atomic E-state index is 0.504. The number of rotatable bonds is 4. The standard InChI is InChI=1S/C17H28N4/c1-15-4-9-21(10-5-15)17(16-3-2-6-19-13-16)14-20-11-7-18-8-12-20/h2-3,6,13,15,17-18H,4-5,7-12,14H2,1H3. The minimum absolute atomic E-state index is 0.504. The van der Waals surface area contributed by atoms with Gasteiger partial charge in [-0.2, -0.15) is 0 Å². The van der Waals surface area contributed by atoms with Gasteiger partial charge in [0.15, 0.2) is 0 Å². The van der Waals surface area contributed by atoms with E-state index in [2.05, 4.69) is 45.4 Å². The van der Waals surface area contributed by atoms with Gasteiger partial charge in [0, 0.05) is 51.2 Å². The summed E-state index contributed by atoms with van der Waals surface area (Å²) in [5.74, 6) is 0.884. The van der Waals surface area contributed by atoms with Gasteiger partial charge in [0.05, 0.1) is 0 Å². The van der Waals surface area contributed by atoms with Gasteiger partial charge in [0.1, 0.15) is 0 Å². The lowest BCUT2D eigenvalue weighted by molar-refractivity contribution is 0.0968. The Morgan fingerprint density at radius 1 is 1.24 bits per heavy atom. The largest absolute Gasteiger partial charge is 0.314 e. The molecule has 0 bridgehead atoms. The Labute approximate surface area is 128 Å². The normalized spacial score (nSPS) is 24.0. The third-order valence-corrected chi connectivity index (χ3v) is 4.97. The fourth-order valence-corrected chi connectivity index (χ4v) is 3.48. The van der Waals surface area contributed by atoms with Gasteiger partial charge in [-0.15, -0.1) is 0 Å². The van der Waals surface area contributed by atoms with Crippen molar-refractivity contribution >= 4 is 0 Å². The summed E-state index contributed by atoms with van der Waals surface area (Å²) in [6.07, 6.45) is 6.60. The molecule has 1 unspecified atom stereocenters. The van der Waals surface area contributed by atoms with Crippen LogP contribution in [0.5, 0.6) is 0 Å². The molecular weight excluding hydrogens is 260 g/mol. The molecule has 0 amide bonds. The van der Waals surface area contributed by atoms with Gasteiger partial charge in [0.25, 0.3) is 0 Å². The molecule has 21 heavy (non-hydrogen) atoms. The van der Waals surface area contributed by atoms with Crippen LogP contribution in [-0.2, 0) is 0 Å². The summed E-state index contributed by atoms with van der Waals surface area (Å²) in [7, 11) is 0. The predicted octanol–water partition coefficient (Wildman–Crippen LogP) is 1.76. The molecule has 2 saturated heterocycles. The van der Waals surface area contributed by atoms with Crippen LogP contribution in [0.15, 0.2) is 24.5 Å². The second-order valence-electron chi connectivity index (χ2n) is 6.57. The first-order valence-electron chi connectivity index (χ1n) is 8.40. The van der Waals surface area contributed by atoms with Crippen molar-refractivity contribution in [1.29, 1.82) is 0 Å². The van der Waals surface area contributed by atoms with Crippen molar-refractivity contribution < 1.29 is 0 Å². The number of hydrogen-bond acceptors (Lipinski definition) is 4. The van der Waals surface area contributed by atoms with Crippen LogP contribution in [-0.4, -0.2) is 60.6 Å². The lowest BCUT2D eigenvalue weighted by Gasteiger charge is -2.40. The van der Waals surface area contributed by atoms with Crippen molar-refractivity contribution in [3.63, 3.8) is 0 Å². The molecule has 2 fully saturated rings. The van der Waals surface area contributed by atoms with Gasteiger partial charge in [-0.05, 0) is 43.5 Å². The average Bonchev–Trinajstić information content (AvgIpc) is 2.55. The minimum Gasteiger partial charge on any atom is -0.314 e. The third-order valence-electron chi connectivity index (χ3n) is 4.97. The van der Waals surface area contributed by atoms with Gasteiger partial charge >= 0.3 is 0 Å². The lowest BCUT2D eigenvalue weighted by atomic mass is 9.96. The first-order valence-corrected chi connectivity index (χ1v) is 8.40. The molecule has 2 aliphatic heterocycles. The molecule has 4 nitrogen and oxygen atoms in total. The number of nitrogens with one attached hydrogen (secondary N) is 1. The van der Waals surface area contributed by atoms with Crippen LogP contribution in [0.1, 0.15) is 31.4 Å². The highest BCUT2D eigenvalue weighted by molar-refractivity contribution is 5.15. The molecular formula is C17H28N4. The van der Waals surface area contributed by atoms with Gasteiger partial charge in [-0.25, -0.2) is 0 Å². The van der Waals surface area contributed by atoms with Crippen molar-refractivity contribution in [2.24, 2.45) is 5.92 Å². The highest BCUT2D eigenvalue weighted by Gasteiger charge is 2.26. The summed E-state index contributed by atoms with van der Waals surface area (Å²) in [6.45, 7) is 10.6. The topological polar surface area (TPSA) is 31.4 Å². The predicted molar refractivity (Wildman–Crippen MR) is 86.3 cm³/mol. The maximum Gasteiger partial charge on any atom is 0.0490 e. The Morgan fingerprint density at radius 2 is 2.00 bits per heavy atom. The molecule has 1 N–H and O–H groups in total. The zero-order valence-corrected chi connectivity index (χ0v) is 13.2. The van der Waals surface area contributed by atoms with E-state index < -0.39 is 0 Å². The Balaban J connectivity index is 1.71. The van der Waals surface area contributed by atoms with Crippen LogP contribution in [0.25, 0.3) is 0 Å². The molecule has 3 rings (SSSR count). The summed E-state index contributed by atoms with van der Waals surface area (Å²) >= 11 is 0. The van der Waals surface area contributed by atoms with E-state index in [9.17, 15) is 0 Å². The second-order valence-corrected chi connectivity index (χ2v) is 6.57.